The molecule has 2 amide bonds. The summed E-state index contributed by atoms with van der Waals surface area (Å²) >= 11 is 6.01. The average molecular weight is 495 g/mol. The second kappa shape index (κ2) is 9.99. The molecule has 33 heavy (non-hydrogen) atoms. The number of nitrogens with one attached hydrogen (secondary N) is 1. The van der Waals surface area contributed by atoms with Crippen molar-refractivity contribution in [2.45, 2.75) is 45.2 Å². The Morgan fingerprint density at radius 3 is 2.48 bits per heavy atom. The molecule has 1 aromatic carbocycles. The van der Waals surface area contributed by atoms with Crippen LogP contribution in [0.15, 0.2) is 24.3 Å². The first-order valence-corrected chi connectivity index (χ1v) is 13.6. The number of aromatic nitrogens is 3. The smallest absolute Gasteiger partial charge is 0.318 e. The first kappa shape index (κ1) is 24.0. The van der Waals surface area contributed by atoms with Gasteiger partial charge in [-0.15, -0.1) is 10.2 Å². The van der Waals surface area contributed by atoms with Crippen molar-refractivity contribution < 1.29 is 13.2 Å². The molecule has 0 saturated carbocycles. The molecule has 1 unspecified atom stereocenters. The number of carbonyl (C=O) groups is 1. The highest BCUT2D eigenvalue weighted by Gasteiger charge is 2.34. The quantitative estimate of drug-likeness (QED) is 0.665. The maximum atomic E-state index is 13.0. The van der Waals surface area contributed by atoms with E-state index in [1.165, 1.54) is 10.6 Å². The topological polar surface area (TPSA) is 100 Å². The normalized spacial score (nSPS) is 20.3. The first-order valence-electron chi connectivity index (χ1n) is 11.4. The molecule has 1 aromatic heterocycles. The molecule has 3 heterocycles. The van der Waals surface area contributed by atoms with Gasteiger partial charge < -0.3 is 14.8 Å². The number of hydrogen-bond acceptors (Lipinski definition) is 5. The number of nitrogens with zero attached hydrogens (tertiary/aromatic N) is 5. The summed E-state index contributed by atoms with van der Waals surface area (Å²) in [4.78, 5) is 14.9. The second-order valence-corrected chi connectivity index (χ2v) is 11.4. The van der Waals surface area contributed by atoms with E-state index in [-0.39, 0.29) is 18.0 Å². The SMILES string of the molecule is Cc1nnc(C2CCCN2C(=O)NCC2CCN(S(C)(=O)=O)CC2)n1Cc1ccc(Cl)cc1. The third kappa shape index (κ3) is 5.67. The van der Waals surface area contributed by atoms with Crippen LogP contribution in [0.25, 0.3) is 0 Å². The average Bonchev–Trinajstić information content (AvgIpc) is 3.40. The van der Waals surface area contributed by atoms with Gasteiger partial charge in [-0.25, -0.2) is 17.5 Å². The van der Waals surface area contributed by atoms with E-state index in [1.54, 1.807) is 0 Å². The van der Waals surface area contributed by atoms with Crippen molar-refractivity contribution in [3.63, 3.8) is 0 Å². The lowest BCUT2D eigenvalue weighted by Gasteiger charge is -2.31. The van der Waals surface area contributed by atoms with Crippen molar-refractivity contribution >= 4 is 27.7 Å². The molecule has 2 saturated heterocycles. The van der Waals surface area contributed by atoms with Crippen molar-refractivity contribution in [2.75, 3.05) is 32.4 Å². The number of likely N-dealkylation sites (tertiary alicyclic amines) is 1. The monoisotopic (exact) mass is 494 g/mol. The summed E-state index contributed by atoms with van der Waals surface area (Å²) in [5, 5.41) is 12.5. The molecule has 2 aromatic rings. The highest BCUT2D eigenvalue weighted by Crippen LogP contribution is 2.31. The van der Waals surface area contributed by atoms with Crippen LogP contribution in [-0.2, 0) is 16.6 Å². The van der Waals surface area contributed by atoms with E-state index < -0.39 is 10.0 Å². The van der Waals surface area contributed by atoms with E-state index in [1.807, 2.05) is 36.1 Å². The van der Waals surface area contributed by atoms with Crippen molar-refractivity contribution in [1.82, 2.24) is 29.3 Å². The van der Waals surface area contributed by atoms with Crippen molar-refractivity contribution in [3.05, 3.63) is 46.5 Å². The fourth-order valence-electron chi connectivity index (χ4n) is 4.67. The molecule has 180 valence electrons. The van der Waals surface area contributed by atoms with Crippen LogP contribution in [0.4, 0.5) is 4.79 Å². The van der Waals surface area contributed by atoms with E-state index in [2.05, 4.69) is 20.1 Å². The summed E-state index contributed by atoms with van der Waals surface area (Å²) in [7, 11) is -3.14. The van der Waals surface area contributed by atoms with Crippen LogP contribution in [0.5, 0.6) is 0 Å². The van der Waals surface area contributed by atoms with Crippen LogP contribution in [0, 0.1) is 12.8 Å². The van der Waals surface area contributed by atoms with Gasteiger partial charge in [0.1, 0.15) is 5.82 Å². The zero-order valence-electron chi connectivity index (χ0n) is 19.1. The van der Waals surface area contributed by atoms with E-state index in [0.717, 1.165) is 42.9 Å². The number of hydrogen-bond donors (Lipinski definition) is 1. The van der Waals surface area contributed by atoms with Crippen molar-refractivity contribution in [1.29, 1.82) is 0 Å². The molecule has 1 N–H and O–H groups in total. The Morgan fingerprint density at radius 2 is 1.82 bits per heavy atom. The van der Waals surface area contributed by atoms with Gasteiger partial charge in [0, 0.05) is 31.2 Å². The fourth-order valence-corrected chi connectivity index (χ4v) is 5.67. The van der Waals surface area contributed by atoms with Gasteiger partial charge in [-0.1, -0.05) is 23.7 Å². The Kier molecular flexibility index (Phi) is 7.25. The Hall–Kier alpha value is -2.17. The summed E-state index contributed by atoms with van der Waals surface area (Å²) in [5.41, 5.74) is 1.10. The number of sulfonamides is 1. The second-order valence-electron chi connectivity index (χ2n) is 8.96. The highest BCUT2D eigenvalue weighted by molar-refractivity contribution is 7.88. The Bertz CT molecular complexity index is 1080. The number of rotatable bonds is 6. The van der Waals surface area contributed by atoms with Gasteiger partial charge in [0.25, 0.3) is 0 Å². The van der Waals surface area contributed by atoms with E-state index in [9.17, 15) is 13.2 Å². The lowest BCUT2D eigenvalue weighted by molar-refractivity contribution is 0.184. The Labute approximate surface area is 200 Å². The lowest BCUT2D eigenvalue weighted by atomic mass is 9.98. The van der Waals surface area contributed by atoms with Crippen LogP contribution in [0.3, 0.4) is 0 Å². The van der Waals surface area contributed by atoms with Crippen LogP contribution in [0.1, 0.15) is 48.9 Å². The molecule has 0 aliphatic carbocycles. The van der Waals surface area contributed by atoms with Crippen molar-refractivity contribution in [3.8, 4) is 0 Å². The van der Waals surface area contributed by atoms with Crippen LogP contribution < -0.4 is 5.32 Å². The molecule has 0 radical (unpaired) electrons. The molecule has 2 aliphatic rings. The summed E-state index contributed by atoms with van der Waals surface area (Å²) in [6.07, 6.45) is 4.52. The maximum Gasteiger partial charge on any atom is 0.318 e. The molecule has 2 fully saturated rings. The van der Waals surface area contributed by atoms with E-state index in [4.69, 9.17) is 11.6 Å². The summed E-state index contributed by atoms with van der Waals surface area (Å²) in [6, 6.07) is 7.49. The maximum absolute atomic E-state index is 13.0. The number of halogens is 1. The predicted octanol–water partition coefficient (Wildman–Crippen LogP) is 2.81. The van der Waals surface area contributed by atoms with Gasteiger partial charge in [0.15, 0.2) is 5.82 Å². The third-order valence-electron chi connectivity index (χ3n) is 6.61. The molecule has 2 aliphatic heterocycles. The molecular formula is C22H31ClN6O3S. The largest absolute Gasteiger partial charge is 0.338 e. The highest BCUT2D eigenvalue weighted by atomic mass is 35.5. The van der Waals surface area contributed by atoms with Gasteiger partial charge in [0.05, 0.1) is 18.8 Å². The Balaban J connectivity index is 1.38. The van der Waals surface area contributed by atoms with Crippen LogP contribution >= 0.6 is 11.6 Å². The summed E-state index contributed by atoms with van der Waals surface area (Å²) < 4.78 is 27.0. The molecule has 11 heteroatoms. The Morgan fingerprint density at radius 1 is 1.12 bits per heavy atom. The molecule has 0 bridgehead atoms. The van der Waals surface area contributed by atoms with Gasteiger partial charge in [-0.05, 0) is 56.2 Å². The first-order chi connectivity index (χ1) is 15.7. The summed E-state index contributed by atoms with van der Waals surface area (Å²) in [6.45, 7) is 4.80. The van der Waals surface area contributed by atoms with Crippen molar-refractivity contribution in [2.24, 2.45) is 5.92 Å². The number of urea groups is 1. The minimum absolute atomic E-state index is 0.0956. The molecule has 9 nitrogen and oxygen atoms in total. The number of amides is 2. The predicted molar refractivity (Wildman–Crippen MR) is 127 cm³/mol. The molecular weight excluding hydrogens is 464 g/mol. The van der Waals surface area contributed by atoms with Gasteiger partial charge in [-0.2, -0.15) is 0 Å². The number of carbonyl (C=O) groups excluding carboxylic acids is 1. The number of piperidine rings is 1. The standard InChI is InChI=1S/C22H31ClN6O3S/c1-16-25-26-21(29(16)15-18-5-7-19(23)8-6-18)20-4-3-11-28(20)22(30)24-14-17-9-12-27(13-10-17)33(2,31)32/h5-8,17,20H,3-4,9-15H2,1-2H3,(H,24,30). The lowest BCUT2D eigenvalue weighted by Crippen LogP contribution is -2.44. The van der Waals surface area contributed by atoms with E-state index in [0.29, 0.717) is 37.7 Å². The zero-order chi connectivity index (χ0) is 23.6. The molecule has 0 spiro atoms. The van der Waals surface area contributed by atoms with Crippen LogP contribution in [-0.4, -0.2) is 70.9 Å². The van der Waals surface area contributed by atoms with Gasteiger partial charge in [-0.3, -0.25) is 0 Å². The minimum atomic E-state index is -3.14. The minimum Gasteiger partial charge on any atom is -0.338 e. The summed E-state index contributed by atoms with van der Waals surface area (Å²) in [5.74, 6) is 1.89. The van der Waals surface area contributed by atoms with E-state index >= 15 is 0 Å². The third-order valence-corrected chi connectivity index (χ3v) is 8.17. The molecule has 4 rings (SSSR count). The van der Waals surface area contributed by atoms with Gasteiger partial charge >= 0.3 is 6.03 Å². The molecule has 1 atom stereocenters. The number of aryl methyl sites for hydroxylation is 1. The van der Waals surface area contributed by atoms with Crippen LogP contribution in [0.2, 0.25) is 5.02 Å². The fraction of sp³-hybridized carbons (Fsp3) is 0.591. The zero-order valence-corrected chi connectivity index (χ0v) is 20.6. The van der Waals surface area contributed by atoms with Gasteiger partial charge in [0.2, 0.25) is 10.0 Å². The number of benzene rings is 1.